The highest BCUT2D eigenvalue weighted by molar-refractivity contribution is 7.80. The summed E-state index contributed by atoms with van der Waals surface area (Å²) in [7, 11) is 0. The maximum absolute atomic E-state index is 11.2. The number of benzene rings is 1. The predicted octanol–water partition coefficient (Wildman–Crippen LogP) is 1.46. The van der Waals surface area contributed by atoms with E-state index in [1.807, 2.05) is 30.3 Å². The second-order valence-corrected chi connectivity index (χ2v) is 3.13. The summed E-state index contributed by atoms with van der Waals surface area (Å²) in [6.45, 7) is 0. The largest absolute Gasteiger partial charge is 0.426 e. The van der Waals surface area contributed by atoms with E-state index in [-0.39, 0.29) is 16.8 Å². The van der Waals surface area contributed by atoms with Crippen LogP contribution in [0.2, 0.25) is 0 Å². The summed E-state index contributed by atoms with van der Waals surface area (Å²) >= 11 is 4.69. The fourth-order valence-electron chi connectivity index (χ4n) is 1.12. The van der Waals surface area contributed by atoms with E-state index in [9.17, 15) is 4.79 Å². The Morgan fingerprint density at radius 1 is 1.29 bits per heavy atom. The number of thiocarbonyl (C=S) groups is 1. The van der Waals surface area contributed by atoms with E-state index in [1.165, 1.54) is 0 Å². The normalized spacial score (nSPS) is 18.1. The number of carbonyl (C=O) groups is 1. The topological polar surface area (TPSA) is 38.3 Å². The molecule has 0 atom stereocenters. The summed E-state index contributed by atoms with van der Waals surface area (Å²) < 4.78 is 5.01. The van der Waals surface area contributed by atoms with Gasteiger partial charge >= 0.3 is 0 Å². The first kappa shape index (κ1) is 8.90. The minimum absolute atomic E-state index is 0.109. The lowest BCUT2D eigenvalue weighted by molar-refractivity contribution is -0.116. The lowest BCUT2D eigenvalue weighted by atomic mass is 10.2. The summed E-state index contributed by atoms with van der Waals surface area (Å²) in [5.41, 5.74) is 0.905. The van der Waals surface area contributed by atoms with Crippen molar-refractivity contribution in [3.63, 3.8) is 0 Å². The van der Waals surface area contributed by atoms with Crippen LogP contribution in [0, 0.1) is 0 Å². The van der Waals surface area contributed by atoms with E-state index in [0.717, 1.165) is 5.56 Å². The van der Waals surface area contributed by atoms with Gasteiger partial charge in [-0.2, -0.15) is 0 Å². The Labute approximate surface area is 86.4 Å². The molecule has 1 saturated heterocycles. The highest BCUT2D eigenvalue weighted by atomic mass is 32.1. The Hall–Kier alpha value is -1.68. The van der Waals surface area contributed by atoms with Crippen molar-refractivity contribution in [1.29, 1.82) is 0 Å². The van der Waals surface area contributed by atoms with Crippen LogP contribution in [0.25, 0.3) is 6.08 Å². The molecule has 3 nitrogen and oxygen atoms in total. The molecule has 1 aliphatic heterocycles. The van der Waals surface area contributed by atoms with Crippen molar-refractivity contribution in [3.05, 3.63) is 41.7 Å². The first-order valence-corrected chi connectivity index (χ1v) is 4.46. The molecule has 1 aliphatic rings. The fourth-order valence-corrected chi connectivity index (χ4v) is 1.30. The molecule has 0 aliphatic carbocycles. The number of carbonyl (C=O) groups excluding carboxylic acids is 1. The van der Waals surface area contributed by atoms with Crippen LogP contribution < -0.4 is 5.32 Å². The van der Waals surface area contributed by atoms with Gasteiger partial charge in [-0.15, -0.1) is 0 Å². The number of hydrogen-bond acceptors (Lipinski definition) is 3. The highest BCUT2D eigenvalue weighted by Gasteiger charge is 2.22. The van der Waals surface area contributed by atoms with Crippen LogP contribution in [-0.4, -0.2) is 11.1 Å². The minimum atomic E-state index is -0.293. The predicted molar refractivity (Wildman–Crippen MR) is 56.2 cm³/mol. The van der Waals surface area contributed by atoms with E-state index < -0.39 is 0 Å². The van der Waals surface area contributed by atoms with E-state index >= 15 is 0 Å². The van der Waals surface area contributed by atoms with Crippen LogP contribution in [0.4, 0.5) is 0 Å². The van der Waals surface area contributed by atoms with Crippen molar-refractivity contribution < 1.29 is 9.53 Å². The summed E-state index contributed by atoms with van der Waals surface area (Å²) in [6.07, 6.45) is 1.65. The summed E-state index contributed by atoms with van der Waals surface area (Å²) in [5, 5.41) is 2.50. The van der Waals surface area contributed by atoms with E-state index in [2.05, 4.69) is 5.32 Å². The molecular formula is C10H7NO2S. The molecule has 0 bridgehead atoms. The van der Waals surface area contributed by atoms with Crippen molar-refractivity contribution >= 4 is 29.4 Å². The molecule has 0 aromatic heterocycles. The number of amides is 1. The molecule has 0 unspecified atom stereocenters. The Kier molecular flexibility index (Phi) is 2.28. The molecule has 4 heteroatoms. The highest BCUT2D eigenvalue weighted by Crippen LogP contribution is 2.12. The van der Waals surface area contributed by atoms with Crippen molar-refractivity contribution in [2.24, 2.45) is 0 Å². The van der Waals surface area contributed by atoms with Crippen molar-refractivity contribution in [2.75, 3.05) is 0 Å². The standard InChI is InChI=1S/C10H7NO2S/c12-9-8(13-10(14)11-9)6-7-4-2-1-3-5-7/h1-6H,(H,11,12,14). The molecule has 1 aromatic rings. The van der Waals surface area contributed by atoms with Crippen LogP contribution in [-0.2, 0) is 9.53 Å². The molecule has 0 saturated carbocycles. The Bertz CT molecular complexity index is 411. The van der Waals surface area contributed by atoms with Gasteiger partial charge in [0.15, 0.2) is 5.76 Å². The molecule has 2 rings (SSSR count). The third kappa shape index (κ3) is 1.80. The number of rotatable bonds is 1. The zero-order valence-electron chi connectivity index (χ0n) is 7.19. The van der Waals surface area contributed by atoms with Gasteiger partial charge in [-0.3, -0.25) is 10.1 Å². The number of nitrogens with one attached hydrogen (secondary N) is 1. The SMILES string of the molecule is O=C1NC(=S)OC1=Cc1ccccc1. The Morgan fingerprint density at radius 2 is 2.00 bits per heavy atom. The maximum Gasteiger partial charge on any atom is 0.294 e. The monoisotopic (exact) mass is 205 g/mol. The molecule has 70 valence electrons. The quantitative estimate of drug-likeness (QED) is 0.557. The van der Waals surface area contributed by atoms with Gasteiger partial charge in [0.1, 0.15) is 0 Å². The van der Waals surface area contributed by atoms with Gasteiger partial charge in [0, 0.05) is 0 Å². The fraction of sp³-hybridized carbons (Fsp3) is 0. The van der Waals surface area contributed by atoms with Gasteiger partial charge < -0.3 is 4.74 Å². The lowest BCUT2D eigenvalue weighted by Gasteiger charge is -1.94. The van der Waals surface area contributed by atoms with Gasteiger partial charge in [0.2, 0.25) is 0 Å². The molecular weight excluding hydrogens is 198 g/mol. The van der Waals surface area contributed by atoms with Crippen LogP contribution in [0.5, 0.6) is 0 Å². The molecule has 0 radical (unpaired) electrons. The van der Waals surface area contributed by atoms with Crippen LogP contribution in [0.3, 0.4) is 0 Å². The van der Waals surface area contributed by atoms with E-state index in [4.69, 9.17) is 17.0 Å². The zero-order valence-corrected chi connectivity index (χ0v) is 8.01. The minimum Gasteiger partial charge on any atom is -0.426 e. The van der Waals surface area contributed by atoms with Crippen molar-refractivity contribution in [1.82, 2.24) is 5.32 Å². The van der Waals surface area contributed by atoms with Gasteiger partial charge in [-0.25, -0.2) is 0 Å². The maximum atomic E-state index is 11.2. The van der Waals surface area contributed by atoms with E-state index in [0.29, 0.717) is 0 Å². The molecule has 14 heavy (non-hydrogen) atoms. The number of ether oxygens (including phenoxy) is 1. The average molecular weight is 205 g/mol. The molecule has 1 aromatic carbocycles. The van der Waals surface area contributed by atoms with Crippen LogP contribution in [0.15, 0.2) is 36.1 Å². The lowest BCUT2D eigenvalue weighted by Crippen LogP contribution is -2.18. The zero-order chi connectivity index (χ0) is 9.97. The second kappa shape index (κ2) is 3.59. The molecule has 1 N–H and O–H groups in total. The summed E-state index contributed by atoms with van der Waals surface area (Å²) in [6, 6.07) is 9.44. The molecule has 1 fully saturated rings. The first-order chi connectivity index (χ1) is 6.75. The van der Waals surface area contributed by atoms with Crippen molar-refractivity contribution in [2.45, 2.75) is 0 Å². The molecule has 1 heterocycles. The first-order valence-electron chi connectivity index (χ1n) is 4.05. The summed E-state index contributed by atoms with van der Waals surface area (Å²) in [5.74, 6) is -0.0555. The summed E-state index contributed by atoms with van der Waals surface area (Å²) in [4.78, 5) is 11.2. The van der Waals surface area contributed by atoms with E-state index in [1.54, 1.807) is 6.08 Å². The van der Waals surface area contributed by atoms with Gasteiger partial charge in [-0.1, -0.05) is 30.3 Å². The average Bonchev–Trinajstić information content (AvgIpc) is 2.47. The second-order valence-electron chi connectivity index (χ2n) is 2.76. The van der Waals surface area contributed by atoms with Gasteiger partial charge in [-0.05, 0) is 23.9 Å². The van der Waals surface area contributed by atoms with Gasteiger partial charge in [0.05, 0.1) is 0 Å². The Morgan fingerprint density at radius 3 is 2.57 bits per heavy atom. The Balaban J connectivity index is 2.28. The third-order valence-corrected chi connectivity index (χ3v) is 1.92. The smallest absolute Gasteiger partial charge is 0.294 e. The van der Waals surface area contributed by atoms with Gasteiger partial charge in [0.25, 0.3) is 11.1 Å². The van der Waals surface area contributed by atoms with Crippen LogP contribution >= 0.6 is 12.2 Å². The molecule has 0 spiro atoms. The third-order valence-electron chi connectivity index (χ3n) is 1.74. The number of hydrogen-bond donors (Lipinski definition) is 1. The van der Waals surface area contributed by atoms with Crippen molar-refractivity contribution in [3.8, 4) is 0 Å². The van der Waals surface area contributed by atoms with Crippen LogP contribution in [0.1, 0.15) is 5.56 Å². The molecule has 1 amide bonds.